The van der Waals surface area contributed by atoms with Gasteiger partial charge >= 0.3 is 5.97 Å². The van der Waals surface area contributed by atoms with Gasteiger partial charge in [-0.05, 0) is 31.7 Å². The summed E-state index contributed by atoms with van der Waals surface area (Å²) in [4.78, 5) is 30.3. The van der Waals surface area contributed by atoms with E-state index in [0.29, 0.717) is 30.4 Å². The summed E-state index contributed by atoms with van der Waals surface area (Å²) in [6, 6.07) is 11.7. The molecule has 6 heteroatoms. The number of carbonyl (C=O) groups is 1. The van der Waals surface area contributed by atoms with E-state index in [0.717, 1.165) is 18.5 Å². The van der Waals surface area contributed by atoms with E-state index in [1.54, 1.807) is 13.0 Å². The van der Waals surface area contributed by atoms with Gasteiger partial charge in [-0.2, -0.15) is 0 Å². The van der Waals surface area contributed by atoms with Crippen LogP contribution in [0.4, 0.5) is 0 Å². The normalized spacial score (nSPS) is 10.5. The van der Waals surface area contributed by atoms with Crippen LogP contribution in [0.3, 0.4) is 0 Å². The Balaban J connectivity index is 1.84. The molecule has 0 aliphatic heterocycles. The first-order chi connectivity index (χ1) is 11.7. The lowest BCUT2D eigenvalue weighted by atomic mass is 10.1. The molecule has 0 unspecified atom stereocenters. The molecule has 0 amide bonds. The average Bonchev–Trinajstić information content (AvgIpc) is 2.58. The van der Waals surface area contributed by atoms with Crippen LogP contribution >= 0.6 is 11.8 Å². The van der Waals surface area contributed by atoms with Crippen LogP contribution in [-0.2, 0) is 22.4 Å². The number of thioether (sulfide) groups is 1. The summed E-state index contributed by atoms with van der Waals surface area (Å²) >= 11 is 1.46. The van der Waals surface area contributed by atoms with Gasteiger partial charge in [0, 0.05) is 23.9 Å². The van der Waals surface area contributed by atoms with E-state index in [9.17, 15) is 9.59 Å². The molecule has 2 rings (SSSR count). The number of benzene rings is 1. The van der Waals surface area contributed by atoms with Gasteiger partial charge in [-0.25, -0.2) is 4.98 Å². The van der Waals surface area contributed by atoms with Crippen LogP contribution in [0.5, 0.6) is 0 Å². The molecule has 24 heavy (non-hydrogen) atoms. The molecule has 2 aromatic rings. The van der Waals surface area contributed by atoms with E-state index in [4.69, 9.17) is 4.74 Å². The summed E-state index contributed by atoms with van der Waals surface area (Å²) in [6.07, 6.45) is 2.66. The van der Waals surface area contributed by atoms with Crippen molar-refractivity contribution in [3.63, 3.8) is 0 Å². The molecule has 0 bridgehead atoms. The van der Waals surface area contributed by atoms with Crippen molar-refractivity contribution in [1.29, 1.82) is 0 Å². The van der Waals surface area contributed by atoms with Crippen molar-refractivity contribution in [3.05, 3.63) is 58.0 Å². The standard InChI is InChI=1S/C18H22N2O3S/c1-2-23-17(22)9-6-12-24-18-19-15(13-16(21)20-18)11-10-14-7-4-3-5-8-14/h3-5,7-8,13H,2,6,9-12H2,1H3,(H,19,20,21). The molecule has 1 aromatic heterocycles. The number of carbonyl (C=O) groups excluding carboxylic acids is 1. The van der Waals surface area contributed by atoms with Crippen LogP contribution < -0.4 is 5.56 Å². The van der Waals surface area contributed by atoms with E-state index in [1.165, 1.54) is 17.3 Å². The molecule has 5 nitrogen and oxygen atoms in total. The Bertz CT molecular complexity index is 701. The van der Waals surface area contributed by atoms with Gasteiger partial charge in [-0.1, -0.05) is 42.1 Å². The molecule has 1 aromatic carbocycles. The van der Waals surface area contributed by atoms with Gasteiger partial charge < -0.3 is 9.72 Å². The highest BCUT2D eigenvalue weighted by Gasteiger charge is 2.05. The maximum atomic E-state index is 11.8. The van der Waals surface area contributed by atoms with Crippen LogP contribution in [-0.4, -0.2) is 28.3 Å². The number of aryl methyl sites for hydroxylation is 2. The van der Waals surface area contributed by atoms with Crippen LogP contribution in [0.25, 0.3) is 0 Å². The summed E-state index contributed by atoms with van der Waals surface area (Å²) in [5, 5.41) is 0.606. The third kappa shape index (κ3) is 6.58. The molecule has 0 aliphatic rings. The third-order valence-electron chi connectivity index (χ3n) is 3.35. The van der Waals surface area contributed by atoms with Gasteiger partial charge in [0.1, 0.15) is 0 Å². The Hall–Kier alpha value is -2.08. The number of aromatic nitrogens is 2. The molecule has 0 radical (unpaired) electrons. The van der Waals surface area contributed by atoms with Gasteiger partial charge in [0.15, 0.2) is 5.16 Å². The van der Waals surface area contributed by atoms with Crippen molar-refractivity contribution >= 4 is 17.7 Å². The molecule has 0 spiro atoms. The van der Waals surface area contributed by atoms with E-state index in [1.807, 2.05) is 18.2 Å². The number of nitrogens with zero attached hydrogens (tertiary/aromatic N) is 1. The maximum absolute atomic E-state index is 11.8. The van der Waals surface area contributed by atoms with Crippen molar-refractivity contribution in [2.75, 3.05) is 12.4 Å². The van der Waals surface area contributed by atoms with Crippen molar-refractivity contribution in [1.82, 2.24) is 9.97 Å². The van der Waals surface area contributed by atoms with Gasteiger partial charge in [-0.3, -0.25) is 9.59 Å². The lowest BCUT2D eigenvalue weighted by Gasteiger charge is -2.05. The number of H-pyrrole nitrogens is 1. The van der Waals surface area contributed by atoms with E-state index in [2.05, 4.69) is 22.1 Å². The number of aromatic amines is 1. The zero-order valence-electron chi connectivity index (χ0n) is 13.8. The number of ether oxygens (including phenoxy) is 1. The molecule has 0 saturated carbocycles. The van der Waals surface area contributed by atoms with Gasteiger partial charge in [0.25, 0.3) is 5.56 Å². The predicted octanol–water partition coefficient (Wildman–Crippen LogP) is 2.99. The van der Waals surface area contributed by atoms with Crippen LogP contribution in [0.1, 0.15) is 31.0 Å². The monoisotopic (exact) mass is 346 g/mol. The van der Waals surface area contributed by atoms with Crippen LogP contribution in [0.2, 0.25) is 0 Å². The number of esters is 1. The summed E-state index contributed by atoms with van der Waals surface area (Å²) in [6.45, 7) is 2.20. The number of rotatable bonds is 9. The summed E-state index contributed by atoms with van der Waals surface area (Å²) in [5.74, 6) is 0.528. The predicted molar refractivity (Wildman–Crippen MR) is 95.3 cm³/mol. The first-order valence-corrected chi connectivity index (χ1v) is 9.08. The Morgan fingerprint density at radius 1 is 1.25 bits per heavy atom. The van der Waals surface area contributed by atoms with Gasteiger partial charge in [-0.15, -0.1) is 0 Å². The van der Waals surface area contributed by atoms with Crippen LogP contribution in [0, 0.1) is 0 Å². The van der Waals surface area contributed by atoms with Crippen molar-refractivity contribution in [3.8, 4) is 0 Å². The zero-order valence-corrected chi connectivity index (χ0v) is 14.6. The molecule has 1 N–H and O–H groups in total. The number of hydrogen-bond donors (Lipinski definition) is 1. The average molecular weight is 346 g/mol. The second-order valence-corrected chi connectivity index (χ2v) is 6.37. The second-order valence-electron chi connectivity index (χ2n) is 5.28. The molecule has 0 saturated heterocycles. The minimum absolute atomic E-state index is 0.138. The molecule has 0 aliphatic carbocycles. The molecule has 0 fully saturated rings. The molecule has 0 atom stereocenters. The second kappa shape index (κ2) is 9.93. The zero-order chi connectivity index (χ0) is 17.2. The molecule has 1 heterocycles. The van der Waals surface area contributed by atoms with Gasteiger partial charge in [0.05, 0.1) is 6.61 Å². The smallest absolute Gasteiger partial charge is 0.305 e. The Morgan fingerprint density at radius 2 is 2.04 bits per heavy atom. The lowest BCUT2D eigenvalue weighted by molar-refractivity contribution is -0.143. The first kappa shape index (κ1) is 18.3. The fourth-order valence-corrected chi connectivity index (χ4v) is 3.05. The number of hydrogen-bond acceptors (Lipinski definition) is 5. The fourth-order valence-electron chi connectivity index (χ4n) is 2.22. The van der Waals surface area contributed by atoms with E-state index < -0.39 is 0 Å². The van der Waals surface area contributed by atoms with Gasteiger partial charge in [0.2, 0.25) is 0 Å². The molecular weight excluding hydrogens is 324 g/mol. The number of nitrogens with one attached hydrogen (secondary N) is 1. The summed E-state index contributed by atoms with van der Waals surface area (Å²) in [7, 11) is 0. The highest BCUT2D eigenvalue weighted by Crippen LogP contribution is 2.14. The Kier molecular flexibility index (Phi) is 7.55. The van der Waals surface area contributed by atoms with E-state index in [-0.39, 0.29) is 11.5 Å². The van der Waals surface area contributed by atoms with E-state index >= 15 is 0 Å². The first-order valence-electron chi connectivity index (χ1n) is 8.10. The quantitative estimate of drug-likeness (QED) is 0.327. The highest BCUT2D eigenvalue weighted by molar-refractivity contribution is 7.99. The molecule has 128 valence electrons. The minimum Gasteiger partial charge on any atom is -0.466 e. The molecular formula is C18H22N2O3S. The third-order valence-corrected chi connectivity index (χ3v) is 4.31. The van der Waals surface area contributed by atoms with Crippen molar-refractivity contribution < 1.29 is 9.53 Å². The van der Waals surface area contributed by atoms with Crippen molar-refractivity contribution in [2.24, 2.45) is 0 Å². The highest BCUT2D eigenvalue weighted by atomic mass is 32.2. The maximum Gasteiger partial charge on any atom is 0.305 e. The Labute approximate surface area is 145 Å². The summed E-state index contributed by atoms with van der Waals surface area (Å²) < 4.78 is 4.88. The Morgan fingerprint density at radius 3 is 2.79 bits per heavy atom. The minimum atomic E-state index is -0.184. The topological polar surface area (TPSA) is 72.0 Å². The van der Waals surface area contributed by atoms with Crippen molar-refractivity contribution in [2.45, 2.75) is 37.8 Å². The summed E-state index contributed by atoms with van der Waals surface area (Å²) in [5.41, 5.74) is 1.87. The van der Waals surface area contributed by atoms with Crippen LogP contribution in [0.15, 0.2) is 46.3 Å². The lowest BCUT2D eigenvalue weighted by Crippen LogP contribution is -2.11. The largest absolute Gasteiger partial charge is 0.466 e. The SMILES string of the molecule is CCOC(=O)CCCSc1nc(CCc2ccccc2)cc(=O)[nH]1. The fraction of sp³-hybridized carbons (Fsp3) is 0.389.